The largest absolute Gasteiger partial charge is 0.463 e. The van der Waals surface area contributed by atoms with Crippen molar-refractivity contribution in [2.24, 2.45) is 0 Å². The number of alkyl halides is 1. The summed E-state index contributed by atoms with van der Waals surface area (Å²) < 4.78 is 11.9. The van der Waals surface area contributed by atoms with Gasteiger partial charge in [-0.25, -0.2) is 9.59 Å². The van der Waals surface area contributed by atoms with E-state index in [-0.39, 0.29) is 12.5 Å². The van der Waals surface area contributed by atoms with Gasteiger partial charge < -0.3 is 14.8 Å². The Balaban J connectivity index is 1.70. The van der Waals surface area contributed by atoms with Crippen LogP contribution in [-0.2, 0) is 14.3 Å². The number of carbonyl (C=O) groups is 2. The average Bonchev–Trinajstić information content (AvgIpc) is 3.02. The summed E-state index contributed by atoms with van der Waals surface area (Å²) in [5.74, 6) is -0.430. The molecule has 1 aliphatic carbocycles. The van der Waals surface area contributed by atoms with E-state index in [0.29, 0.717) is 6.42 Å². The molecule has 0 heterocycles. The number of hydrogen-bond acceptors (Lipinski definition) is 4. The lowest BCUT2D eigenvalue weighted by Crippen LogP contribution is -2.44. The Labute approximate surface area is 191 Å². The van der Waals surface area contributed by atoms with Gasteiger partial charge in [0, 0.05) is 5.92 Å². The van der Waals surface area contributed by atoms with E-state index >= 15 is 0 Å². The van der Waals surface area contributed by atoms with Crippen molar-refractivity contribution >= 4 is 34.7 Å². The van der Waals surface area contributed by atoms with Gasteiger partial charge in [0.15, 0.2) is 0 Å². The fourth-order valence-electron chi connectivity index (χ4n) is 3.69. The van der Waals surface area contributed by atoms with Crippen molar-refractivity contribution in [3.63, 3.8) is 0 Å². The van der Waals surface area contributed by atoms with Crippen molar-refractivity contribution in [3.8, 4) is 11.1 Å². The standard InChI is InChI=1S/C24H28INO4/c1-24(2,3)30-23(28)26-21(13-8-14-25)22(27)29-15-20-18-11-6-4-9-16(18)17-10-5-7-12-19(17)20/h4-7,9-12,20-21H,8,13-15H2,1-3H3,(H,26,28)/t21-/m0/s1. The molecule has 1 N–H and O–H groups in total. The first-order valence-corrected chi connectivity index (χ1v) is 11.7. The molecule has 0 saturated heterocycles. The fraction of sp³-hybridized carbons (Fsp3) is 0.417. The van der Waals surface area contributed by atoms with Crippen LogP contribution in [0.25, 0.3) is 11.1 Å². The first kappa shape index (κ1) is 22.6. The Kier molecular flexibility index (Phi) is 7.39. The molecule has 30 heavy (non-hydrogen) atoms. The van der Waals surface area contributed by atoms with Gasteiger partial charge in [0.1, 0.15) is 18.2 Å². The molecule has 0 radical (unpaired) electrons. The zero-order chi connectivity index (χ0) is 21.7. The number of carbonyl (C=O) groups excluding carboxylic acids is 2. The number of esters is 1. The minimum Gasteiger partial charge on any atom is -0.463 e. The van der Waals surface area contributed by atoms with Crippen LogP contribution < -0.4 is 5.32 Å². The lowest BCUT2D eigenvalue weighted by atomic mass is 9.98. The molecule has 0 unspecified atom stereocenters. The second kappa shape index (κ2) is 9.81. The van der Waals surface area contributed by atoms with E-state index in [4.69, 9.17) is 9.47 Å². The number of ether oxygens (including phenoxy) is 2. The lowest BCUT2D eigenvalue weighted by Gasteiger charge is -2.23. The summed E-state index contributed by atoms with van der Waals surface area (Å²) in [6, 6.07) is 15.7. The zero-order valence-electron chi connectivity index (χ0n) is 17.6. The van der Waals surface area contributed by atoms with Crippen molar-refractivity contribution in [2.75, 3.05) is 11.0 Å². The number of hydrogen-bond donors (Lipinski definition) is 1. The quantitative estimate of drug-likeness (QED) is 0.299. The van der Waals surface area contributed by atoms with Gasteiger partial charge in [-0.3, -0.25) is 0 Å². The van der Waals surface area contributed by atoms with Crippen LogP contribution in [0.2, 0.25) is 0 Å². The molecule has 1 aliphatic rings. The third-order valence-corrected chi connectivity index (χ3v) is 5.72. The number of rotatable bonds is 7. The summed E-state index contributed by atoms with van der Waals surface area (Å²) in [5, 5.41) is 2.68. The molecule has 5 nitrogen and oxygen atoms in total. The van der Waals surface area contributed by atoms with Gasteiger partial charge in [0.05, 0.1) is 0 Å². The molecule has 0 saturated carbocycles. The van der Waals surface area contributed by atoms with E-state index in [1.807, 2.05) is 24.3 Å². The molecule has 1 amide bonds. The van der Waals surface area contributed by atoms with Crippen LogP contribution in [-0.4, -0.2) is 34.7 Å². The smallest absolute Gasteiger partial charge is 0.408 e. The highest BCUT2D eigenvalue weighted by Crippen LogP contribution is 2.44. The maximum absolute atomic E-state index is 12.8. The van der Waals surface area contributed by atoms with Gasteiger partial charge in [-0.15, -0.1) is 0 Å². The van der Waals surface area contributed by atoms with Gasteiger partial charge in [0.25, 0.3) is 0 Å². The minimum atomic E-state index is -0.721. The molecule has 0 fully saturated rings. The van der Waals surface area contributed by atoms with Crippen LogP contribution in [0.4, 0.5) is 4.79 Å². The topological polar surface area (TPSA) is 64.6 Å². The summed E-state index contributed by atoms with van der Waals surface area (Å²) >= 11 is 2.26. The van der Waals surface area contributed by atoms with E-state index in [2.05, 4.69) is 52.2 Å². The molecule has 0 spiro atoms. The van der Waals surface area contributed by atoms with Crippen LogP contribution in [0.1, 0.15) is 50.7 Å². The van der Waals surface area contributed by atoms with Gasteiger partial charge in [-0.1, -0.05) is 71.1 Å². The lowest BCUT2D eigenvalue weighted by molar-refractivity contribution is -0.146. The summed E-state index contributed by atoms with van der Waals surface area (Å²) in [5.41, 5.74) is 4.06. The molecule has 6 heteroatoms. The van der Waals surface area contributed by atoms with Gasteiger partial charge in [0.2, 0.25) is 0 Å². The second-order valence-electron chi connectivity index (χ2n) is 8.39. The van der Waals surface area contributed by atoms with Crippen LogP contribution >= 0.6 is 22.6 Å². The van der Waals surface area contributed by atoms with E-state index in [1.54, 1.807) is 20.8 Å². The monoisotopic (exact) mass is 521 g/mol. The fourth-order valence-corrected chi connectivity index (χ4v) is 4.13. The number of halogens is 1. The normalized spacial score (nSPS) is 13.9. The van der Waals surface area contributed by atoms with Gasteiger partial charge in [-0.05, 0) is 60.3 Å². The number of nitrogens with one attached hydrogen (secondary N) is 1. The maximum atomic E-state index is 12.8. The van der Waals surface area contributed by atoms with Crippen molar-refractivity contribution in [2.45, 2.75) is 51.2 Å². The Morgan fingerprint density at radius 3 is 2.13 bits per heavy atom. The van der Waals surface area contributed by atoms with Crippen molar-refractivity contribution in [1.29, 1.82) is 0 Å². The summed E-state index contributed by atoms with van der Waals surface area (Å²) in [4.78, 5) is 25.0. The van der Waals surface area contributed by atoms with Crippen LogP contribution in [0.5, 0.6) is 0 Å². The summed E-state index contributed by atoms with van der Waals surface area (Å²) in [6.07, 6.45) is 0.707. The highest BCUT2D eigenvalue weighted by atomic mass is 127. The number of fused-ring (bicyclic) bond motifs is 3. The van der Waals surface area contributed by atoms with E-state index < -0.39 is 23.7 Å². The number of amides is 1. The van der Waals surface area contributed by atoms with Crippen molar-refractivity contribution in [1.82, 2.24) is 5.32 Å². The Morgan fingerprint density at radius 1 is 1.03 bits per heavy atom. The van der Waals surface area contributed by atoms with Crippen molar-refractivity contribution < 1.29 is 19.1 Å². The highest BCUT2D eigenvalue weighted by molar-refractivity contribution is 14.1. The average molecular weight is 521 g/mol. The summed E-state index contributed by atoms with van der Waals surface area (Å²) in [7, 11) is 0. The molecule has 3 rings (SSSR count). The minimum absolute atomic E-state index is 0.00639. The summed E-state index contributed by atoms with van der Waals surface area (Å²) in [6.45, 7) is 5.61. The Bertz CT molecular complexity index is 861. The molecule has 0 aromatic heterocycles. The molecule has 2 aromatic rings. The van der Waals surface area contributed by atoms with Gasteiger partial charge >= 0.3 is 12.1 Å². The van der Waals surface area contributed by atoms with Gasteiger partial charge in [-0.2, -0.15) is 0 Å². The molecule has 0 bridgehead atoms. The Hall–Kier alpha value is -2.09. The number of benzene rings is 2. The van der Waals surface area contributed by atoms with E-state index in [9.17, 15) is 9.59 Å². The molecule has 1 atom stereocenters. The SMILES string of the molecule is CC(C)(C)OC(=O)N[C@@H](CCCI)C(=O)OCC1c2ccccc2-c2ccccc21. The van der Waals surface area contributed by atoms with E-state index in [0.717, 1.165) is 22.0 Å². The maximum Gasteiger partial charge on any atom is 0.408 e. The first-order valence-electron chi connectivity index (χ1n) is 10.2. The molecule has 160 valence electrons. The van der Waals surface area contributed by atoms with Crippen LogP contribution in [0.15, 0.2) is 48.5 Å². The second-order valence-corrected chi connectivity index (χ2v) is 9.47. The molecule has 0 aliphatic heterocycles. The van der Waals surface area contributed by atoms with Crippen LogP contribution in [0, 0.1) is 0 Å². The third-order valence-electron chi connectivity index (χ3n) is 4.96. The van der Waals surface area contributed by atoms with E-state index in [1.165, 1.54) is 11.1 Å². The predicted molar refractivity (Wildman–Crippen MR) is 126 cm³/mol. The zero-order valence-corrected chi connectivity index (χ0v) is 19.8. The molecular formula is C24H28INO4. The third kappa shape index (κ3) is 5.53. The van der Waals surface area contributed by atoms with Crippen molar-refractivity contribution in [3.05, 3.63) is 59.7 Å². The molecule has 2 aromatic carbocycles. The first-order chi connectivity index (χ1) is 14.3. The molecular weight excluding hydrogens is 493 g/mol. The predicted octanol–water partition coefficient (Wildman–Crippen LogP) is 5.45. The highest BCUT2D eigenvalue weighted by Gasteiger charge is 2.31. The Morgan fingerprint density at radius 2 is 1.60 bits per heavy atom. The number of alkyl carbamates (subject to hydrolysis) is 1. The van der Waals surface area contributed by atoms with Crippen LogP contribution in [0.3, 0.4) is 0 Å².